The number of fused-ring (bicyclic) bond motifs is 16. The quantitative estimate of drug-likeness (QED) is 0.175. The van der Waals surface area contributed by atoms with E-state index in [0.717, 1.165) is 145 Å². The number of benzene rings is 7. The summed E-state index contributed by atoms with van der Waals surface area (Å²) < 4.78 is 15.5. The van der Waals surface area contributed by atoms with Crippen molar-refractivity contribution in [3.8, 4) is 22.3 Å². The molecule has 7 aromatic carbocycles. The first-order valence-electron chi connectivity index (χ1n) is 22.3. The van der Waals surface area contributed by atoms with Crippen LogP contribution in [0.25, 0.3) is 104 Å². The molecule has 4 heterocycles. The molecule has 4 bridgehead atoms. The lowest BCUT2D eigenvalue weighted by molar-refractivity contribution is 0.0891. The van der Waals surface area contributed by atoms with Crippen molar-refractivity contribution in [1.82, 2.24) is 4.40 Å². The van der Waals surface area contributed by atoms with Crippen LogP contribution in [-0.2, 0) is 0 Å². The number of Topliss-reactive ketones (excluding diaryl/α,β-unsaturated/α-hetero) is 2. The number of para-hydroxylation sites is 2. The Bertz CT molecular complexity index is 3540. The molecule has 5 heteroatoms. The summed E-state index contributed by atoms with van der Waals surface area (Å²) in [5.74, 6) is 1.55. The third-order valence-electron chi connectivity index (χ3n) is 15.9. The van der Waals surface area contributed by atoms with Crippen LogP contribution < -0.4 is 0 Å². The molecular formula is C56H39NO4. The minimum atomic E-state index is 0.0930. The number of carbonyl (C=O) groups is 2. The van der Waals surface area contributed by atoms with E-state index in [0.29, 0.717) is 23.4 Å². The second-order valence-corrected chi connectivity index (χ2v) is 18.8. The highest BCUT2D eigenvalue weighted by Crippen LogP contribution is 2.53. The molecule has 0 radical (unpaired) electrons. The molecule has 0 aliphatic heterocycles. The first-order valence-corrected chi connectivity index (χ1v) is 22.3. The fourth-order valence-corrected chi connectivity index (χ4v) is 12.9. The first-order chi connectivity index (χ1) is 30.0. The molecule has 292 valence electrons. The fraction of sp³-hybridized carbons (Fsp3) is 0.214. The molecule has 6 aliphatic carbocycles. The molecule has 0 atom stereocenters. The smallest absolute Gasteiger partial charge is 0.166 e. The largest absolute Gasteiger partial charge is 0.456 e. The van der Waals surface area contributed by atoms with Gasteiger partial charge in [-0.3, -0.25) is 9.59 Å². The molecule has 2 fully saturated rings. The van der Waals surface area contributed by atoms with Crippen LogP contribution in [0.5, 0.6) is 0 Å². The molecule has 61 heavy (non-hydrogen) atoms. The average molecular weight is 790 g/mol. The van der Waals surface area contributed by atoms with Gasteiger partial charge in [0.2, 0.25) is 0 Å². The normalized spacial score (nSPS) is 21.3. The molecule has 11 aromatic rings. The maximum atomic E-state index is 14.4. The molecular weight excluding hydrogens is 751 g/mol. The minimum absolute atomic E-state index is 0.0930. The number of aromatic nitrogens is 1. The second kappa shape index (κ2) is 11.6. The number of nitrogens with zero attached hydrogens (tertiary/aromatic N) is 1. The zero-order valence-electron chi connectivity index (χ0n) is 33.5. The Morgan fingerprint density at radius 1 is 0.393 bits per heavy atom. The molecule has 6 aliphatic rings. The molecule has 0 saturated heterocycles. The summed E-state index contributed by atoms with van der Waals surface area (Å²) in [5, 5.41) is 9.12. The molecule has 0 spiro atoms. The van der Waals surface area contributed by atoms with E-state index in [1.54, 1.807) is 0 Å². The van der Waals surface area contributed by atoms with Gasteiger partial charge in [-0.25, -0.2) is 0 Å². The van der Waals surface area contributed by atoms with E-state index in [-0.39, 0.29) is 11.8 Å². The van der Waals surface area contributed by atoms with Crippen molar-refractivity contribution in [2.75, 3.05) is 0 Å². The van der Waals surface area contributed by atoms with E-state index in [4.69, 9.17) is 8.83 Å². The van der Waals surface area contributed by atoms with Gasteiger partial charge < -0.3 is 13.2 Å². The van der Waals surface area contributed by atoms with Gasteiger partial charge in [0.05, 0.1) is 16.6 Å². The Morgan fingerprint density at radius 3 is 1.30 bits per heavy atom. The van der Waals surface area contributed by atoms with E-state index < -0.39 is 0 Å². The summed E-state index contributed by atoms with van der Waals surface area (Å²) in [7, 11) is 0. The monoisotopic (exact) mass is 789 g/mol. The maximum absolute atomic E-state index is 14.4. The van der Waals surface area contributed by atoms with Crippen molar-refractivity contribution in [2.45, 2.75) is 63.2 Å². The SMILES string of the molecule is O=C1c2cc3c(cc2C2CCC1CC2)c1c(-c2ccc4c(c2)oc2ccccc24)cc(-c2ccc4c(c2)oc2ccccc24)c2c4cc5c(cc4n3c12)C(=O)C1CCC5CC1. The van der Waals surface area contributed by atoms with Crippen molar-refractivity contribution in [3.63, 3.8) is 0 Å². The molecule has 4 aromatic heterocycles. The summed E-state index contributed by atoms with van der Waals surface area (Å²) >= 11 is 0. The standard InChI is InChI=1S/C56H39NO4/c58-55-30-13-9-28(10-14-30)38-23-44-46(26-42(38)55)57-47-27-43-39(29-11-15-31(16-12-29)56(43)59)24-45(47)53-41(33-18-20-37-35-6-2-4-8-49(35)61-51(37)22-33)25-40(52(44)54(53)57)32-17-19-36-34-5-1-3-7-48(34)60-50(36)21-32/h1-8,17-31H,9-16H2. The number of hydrogen-bond acceptors (Lipinski definition) is 4. The van der Waals surface area contributed by atoms with Gasteiger partial charge in [-0.1, -0.05) is 48.5 Å². The van der Waals surface area contributed by atoms with E-state index in [2.05, 4.69) is 95.4 Å². The number of rotatable bonds is 2. The molecule has 17 rings (SSSR count). The highest BCUT2D eigenvalue weighted by molar-refractivity contribution is 6.32. The van der Waals surface area contributed by atoms with Crippen LogP contribution >= 0.6 is 0 Å². The Labute approximate surface area is 349 Å². The summed E-state index contributed by atoms with van der Waals surface area (Å²) in [6, 6.07) is 41.6. The lowest BCUT2D eigenvalue weighted by atomic mass is 9.82. The number of furan rings is 2. The van der Waals surface area contributed by atoms with Crippen molar-refractivity contribution in [1.29, 1.82) is 0 Å². The third-order valence-corrected chi connectivity index (χ3v) is 15.9. The molecule has 0 unspecified atom stereocenters. The van der Waals surface area contributed by atoms with Gasteiger partial charge in [0, 0.05) is 66.1 Å². The Morgan fingerprint density at radius 2 is 0.820 bits per heavy atom. The second-order valence-electron chi connectivity index (χ2n) is 18.8. The zero-order valence-corrected chi connectivity index (χ0v) is 33.5. The molecule has 5 nitrogen and oxygen atoms in total. The number of hydrogen-bond donors (Lipinski definition) is 0. The van der Waals surface area contributed by atoms with E-state index >= 15 is 0 Å². The van der Waals surface area contributed by atoms with Crippen LogP contribution in [0.15, 0.2) is 124 Å². The zero-order chi connectivity index (χ0) is 39.8. The van der Waals surface area contributed by atoms with Crippen LogP contribution in [-0.4, -0.2) is 16.0 Å². The van der Waals surface area contributed by atoms with Crippen molar-refractivity contribution in [2.24, 2.45) is 11.8 Å². The molecule has 0 amide bonds. The van der Waals surface area contributed by atoms with Crippen molar-refractivity contribution in [3.05, 3.63) is 138 Å². The van der Waals surface area contributed by atoms with Gasteiger partial charge >= 0.3 is 0 Å². The van der Waals surface area contributed by atoms with Crippen LogP contribution in [0.4, 0.5) is 0 Å². The lowest BCUT2D eigenvalue weighted by Crippen LogP contribution is -2.15. The minimum Gasteiger partial charge on any atom is -0.456 e. The van der Waals surface area contributed by atoms with Gasteiger partial charge in [-0.15, -0.1) is 0 Å². The Balaban J connectivity index is 1.13. The highest BCUT2D eigenvalue weighted by atomic mass is 16.3. The van der Waals surface area contributed by atoms with Gasteiger partial charge in [0.15, 0.2) is 11.6 Å². The van der Waals surface area contributed by atoms with Crippen LogP contribution in [0.3, 0.4) is 0 Å². The van der Waals surface area contributed by atoms with Gasteiger partial charge in [-0.2, -0.15) is 0 Å². The Hall–Kier alpha value is -6.72. The van der Waals surface area contributed by atoms with Crippen LogP contribution in [0.1, 0.15) is 95.0 Å². The molecule has 2 saturated carbocycles. The van der Waals surface area contributed by atoms with Crippen molar-refractivity contribution >= 4 is 93.5 Å². The van der Waals surface area contributed by atoms with Crippen LogP contribution in [0.2, 0.25) is 0 Å². The van der Waals surface area contributed by atoms with E-state index in [1.165, 1.54) is 32.7 Å². The fourth-order valence-electron chi connectivity index (χ4n) is 12.9. The predicted molar refractivity (Wildman–Crippen MR) is 245 cm³/mol. The average Bonchev–Trinajstić information content (AvgIpc) is 3.98. The number of carbonyl (C=O) groups excluding carboxylic acids is 2. The Kier molecular flexibility index (Phi) is 6.26. The summed E-state index contributed by atoms with van der Waals surface area (Å²) in [6.45, 7) is 0. The third kappa shape index (κ3) is 4.26. The highest BCUT2D eigenvalue weighted by Gasteiger charge is 2.38. The van der Waals surface area contributed by atoms with Gasteiger partial charge in [0.1, 0.15) is 22.3 Å². The van der Waals surface area contributed by atoms with E-state index in [9.17, 15) is 9.59 Å². The number of ketones is 2. The van der Waals surface area contributed by atoms with Crippen LogP contribution in [0, 0.1) is 11.8 Å². The van der Waals surface area contributed by atoms with Gasteiger partial charge in [0.25, 0.3) is 0 Å². The van der Waals surface area contributed by atoms with E-state index in [1.807, 2.05) is 24.3 Å². The van der Waals surface area contributed by atoms with Crippen molar-refractivity contribution < 1.29 is 18.4 Å². The topological polar surface area (TPSA) is 64.8 Å². The summed E-state index contributed by atoms with van der Waals surface area (Å²) in [4.78, 5) is 28.8. The lowest BCUT2D eigenvalue weighted by Gasteiger charge is -2.22. The van der Waals surface area contributed by atoms with Gasteiger partial charge in [-0.05, 0) is 163 Å². The first kappa shape index (κ1) is 33.1. The predicted octanol–water partition coefficient (Wildman–Crippen LogP) is 14.9. The maximum Gasteiger partial charge on any atom is 0.166 e. The summed E-state index contributed by atoms with van der Waals surface area (Å²) in [5.41, 5.74) is 15.3. The summed E-state index contributed by atoms with van der Waals surface area (Å²) in [6.07, 6.45) is 8.10. The molecule has 0 N–H and O–H groups in total.